The van der Waals surface area contributed by atoms with Gasteiger partial charge in [-0.05, 0) is 30.2 Å². The Hall–Kier alpha value is -0.390. The average molecular weight is 308 g/mol. The molecule has 2 aromatic heterocycles. The first-order chi connectivity index (χ1) is 7.20. The predicted octanol–water partition coefficient (Wildman–Crippen LogP) is 4.30. The van der Waals surface area contributed by atoms with Gasteiger partial charge in [0.1, 0.15) is 5.01 Å². The molecule has 2 rings (SSSR count). The van der Waals surface area contributed by atoms with Gasteiger partial charge in [-0.1, -0.05) is 34.2 Å². The molecule has 15 heavy (non-hydrogen) atoms. The molecular formula is C9H8BrClN2OS. The van der Waals surface area contributed by atoms with Gasteiger partial charge in [0.15, 0.2) is 16.0 Å². The molecule has 0 aliphatic heterocycles. The number of alkyl halides is 1. The number of halogens is 2. The molecule has 0 aliphatic rings. The van der Waals surface area contributed by atoms with Crippen molar-refractivity contribution in [3.05, 3.63) is 22.4 Å². The molecule has 80 valence electrons. The van der Waals surface area contributed by atoms with E-state index in [4.69, 9.17) is 16.0 Å². The van der Waals surface area contributed by atoms with Crippen LogP contribution < -0.4 is 0 Å². The summed E-state index contributed by atoms with van der Waals surface area (Å²) in [5.41, 5.74) is 0. The van der Waals surface area contributed by atoms with Crippen molar-refractivity contribution in [3.63, 3.8) is 0 Å². The third-order valence-corrected chi connectivity index (χ3v) is 4.49. The third kappa shape index (κ3) is 2.41. The Bertz CT molecular complexity index is 456. The Morgan fingerprint density at radius 3 is 2.93 bits per heavy atom. The van der Waals surface area contributed by atoms with Gasteiger partial charge in [-0.15, -0.1) is 10.2 Å². The SMILES string of the molecule is CCC(Br)c1nnc(-c2ccc(Cl)o2)s1. The van der Waals surface area contributed by atoms with Crippen molar-refractivity contribution in [1.82, 2.24) is 10.2 Å². The molecule has 0 aromatic carbocycles. The highest BCUT2D eigenvalue weighted by molar-refractivity contribution is 9.09. The fraction of sp³-hybridized carbons (Fsp3) is 0.333. The molecule has 0 bridgehead atoms. The summed E-state index contributed by atoms with van der Waals surface area (Å²) in [6.45, 7) is 2.09. The van der Waals surface area contributed by atoms with E-state index in [0.29, 0.717) is 11.0 Å². The van der Waals surface area contributed by atoms with Crippen LogP contribution in [0.5, 0.6) is 0 Å². The van der Waals surface area contributed by atoms with Crippen LogP contribution in [-0.2, 0) is 0 Å². The average Bonchev–Trinajstić information content (AvgIpc) is 2.84. The molecule has 1 atom stereocenters. The highest BCUT2D eigenvalue weighted by Gasteiger charge is 2.14. The molecule has 6 heteroatoms. The molecule has 0 fully saturated rings. The summed E-state index contributed by atoms with van der Waals surface area (Å²) >= 11 is 10.7. The van der Waals surface area contributed by atoms with Crippen LogP contribution in [0.2, 0.25) is 5.22 Å². The highest BCUT2D eigenvalue weighted by atomic mass is 79.9. The van der Waals surface area contributed by atoms with Gasteiger partial charge in [0.2, 0.25) is 0 Å². The zero-order chi connectivity index (χ0) is 10.8. The van der Waals surface area contributed by atoms with Gasteiger partial charge >= 0.3 is 0 Å². The van der Waals surface area contributed by atoms with Crippen LogP contribution in [0.15, 0.2) is 16.5 Å². The second-order valence-corrected chi connectivity index (χ2v) is 5.41. The van der Waals surface area contributed by atoms with Gasteiger partial charge in [-0.3, -0.25) is 0 Å². The normalized spacial score (nSPS) is 13.0. The lowest BCUT2D eigenvalue weighted by Gasteiger charge is -1.97. The molecule has 0 spiro atoms. The lowest BCUT2D eigenvalue weighted by molar-refractivity contribution is 0.583. The standard InChI is InChI=1S/C9H8BrClN2OS/c1-2-5(10)8-12-13-9(15-8)6-3-4-7(11)14-6/h3-5H,2H2,1H3. The minimum absolute atomic E-state index is 0.259. The number of rotatable bonds is 3. The van der Waals surface area contributed by atoms with Crippen molar-refractivity contribution >= 4 is 38.9 Å². The molecule has 3 nitrogen and oxygen atoms in total. The van der Waals surface area contributed by atoms with E-state index in [1.807, 2.05) is 0 Å². The first-order valence-corrected chi connectivity index (χ1v) is 6.55. The molecule has 0 amide bonds. The first kappa shape index (κ1) is 11.1. The fourth-order valence-electron chi connectivity index (χ4n) is 1.06. The zero-order valence-electron chi connectivity index (χ0n) is 7.91. The number of hydrogen-bond acceptors (Lipinski definition) is 4. The smallest absolute Gasteiger partial charge is 0.194 e. The zero-order valence-corrected chi connectivity index (χ0v) is 11.1. The molecule has 0 aliphatic carbocycles. The van der Waals surface area contributed by atoms with Crippen molar-refractivity contribution in [2.45, 2.75) is 18.2 Å². The van der Waals surface area contributed by atoms with Gasteiger partial charge in [0, 0.05) is 0 Å². The lowest BCUT2D eigenvalue weighted by atomic mass is 10.4. The third-order valence-electron chi connectivity index (χ3n) is 1.85. The molecule has 0 saturated carbocycles. The van der Waals surface area contributed by atoms with Crippen molar-refractivity contribution in [1.29, 1.82) is 0 Å². The maximum Gasteiger partial charge on any atom is 0.194 e. The minimum Gasteiger partial charge on any atom is -0.442 e. The second kappa shape index (κ2) is 4.63. The van der Waals surface area contributed by atoms with Crippen LogP contribution in [0.1, 0.15) is 23.2 Å². The van der Waals surface area contributed by atoms with E-state index in [-0.39, 0.29) is 4.83 Å². The van der Waals surface area contributed by atoms with Crippen LogP contribution in [0, 0.1) is 0 Å². The van der Waals surface area contributed by atoms with Gasteiger partial charge in [0.25, 0.3) is 0 Å². The van der Waals surface area contributed by atoms with Gasteiger partial charge < -0.3 is 4.42 Å². The summed E-state index contributed by atoms with van der Waals surface area (Å²) in [5, 5.41) is 10.2. The van der Waals surface area contributed by atoms with Crippen molar-refractivity contribution in [3.8, 4) is 10.8 Å². The molecule has 1 unspecified atom stereocenters. The number of furan rings is 1. The van der Waals surface area contributed by atoms with Crippen LogP contribution >= 0.6 is 38.9 Å². The predicted molar refractivity (Wildman–Crippen MR) is 64.6 cm³/mol. The summed E-state index contributed by atoms with van der Waals surface area (Å²) < 4.78 is 5.25. The quantitative estimate of drug-likeness (QED) is 0.794. The van der Waals surface area contributed by atoms with E-state index in [0.717, 1.165) is 16.4 Å². The number of hydrogen-bond donors (Lipinski definition) is 0. The van der Waals surface area contributed by atoms with Crippen LogP contribution in [0.25, 0.3) is 10.8 Å². The lowest BCUT2D eigenvalue weighted by Crippen LogP contribution is -1.84. The number of aromatic nitrogens is 2. The van der Waals surface area contributed by atoms with Crippen LogP contribution in [0.3, 0.4) is 0 Å². The minimum atomic E-state index is 0.259. The maximum atomic E-state index is 5.69. The summed E-state index contributed by atoms with van der Waals surface area (Å²) in [6.07, 6.45) is 0.980. The Labute approximate surface area is 105 Å². The monoisotopic (exact) mass is 306 g/mol. The van der Waals surface area contributed by atoms with Crippen molar-refractivity contribution < 1.29 is 4.42 Å². The van der Waals surface area contributed by atoms with E-state index in [1.165, 1.54) is 11.3 Å². The molecule has 2 heterocycles. The van der Waals surface area contributed by atoms with E-state index in [1.54, 1.807) is 12.1 Å². The molecule has 2 aromatic rings. The molecule has 0 N–H and O–H groups in total. The first-order valence-electron chi connectivity index (χ1n) is 4.44. The fourth-order valence-corrected chi connectivity index (χ4v) is 2.45. The summed E-state index contributed by atoms with van der Waals surface area (Å²) in [4.78, 5) is 0.259. The van der Waals surface area contributed by atoms with Crippen LogP contribution in [0.4, 0.5) is 0 Å². The van der Waals surface area contributed by atoms with E-state index in [9.17, 15) is 0 Å². The molecule has 0 saturated heterocycles. The second-order valence-electron chi connectivity index (χ2n) is 2.92. The topological polar surface area (TPSA) is 38.9 Å². The van der Waals surface area contributed by atoms with E-state index < -0.39 is 0 Å². The van der Waals surface area contributed by atoms with Gasteiger partial charge in [0.05, 0.1) is 4.83 Å². The van der Waals surface area contributed by atoms with Gasteiger partial charge in [-0.2, -0.15) is 0 Å². The maximum absolute atomic E-state index is 5.69. The van der Waals surface area contributed by atoms with E-state index >= 15 is 0 Å². The Morgan fingerprint density at radius 2 is 2.33 bits per heavy atom. The molecular weight excluding hydrogens is 300 g/mol. The van der Waals surface area contributed by atoms with Gasteiger partial charge in [-0.25, -0.2) is 0 Å². The number of nitrogens with zero attached hydrogens (tertiary/aromatic N) is 2. The summed E-state index contributed by atoms with van der Waals surface area (Å²) in [5.74, 6) is 0.666. The van der Waals surface area contributed by atoms with E-state index in [2.05, 4.69) is 33.1 Å². The Kier molecular flexibility index (Phi) is 3.43. The highest BCUT2D eigenvalue weighted by Crippen LogP contribution is 2.33. The molecule has 0 radical (unpaired) electrons. The van der Waals surface area contributed by atoms with Crippen molar-refractivity contribution in [2.75, 3.05) is 0 Å². The van der Waals surface area contributed by atoms with Crippen LogP contribution in [-0.4, -0.2) is 10.2 Å². The largest absolute Gasteiger partial charge is 0.442 e. The van der Waals surface area contributed by atoms with Crippen molar-refractivity contribution in [2.24, 2.45) is 0 Å². The Balaban J connectivity index is 2.27. The Morgan fingerprint density at radius 1 is 1.53 bits per heavy atom. The summed E-state index contributed by atoms with van der Waals surface area (Å²) in [7, 11) is 0. The summed E-state index contributed by atoms with van der Waals surface area (Å²) in [6, 6.07) is 3.49.